The van der Waals surface area contributed by atoms with Gasteiger partial charge in [0.1, 0.15) is 0 Å². The Morgan fingerprint density at radius 1 is 0.846 bits per heavy atom. The normalized spacial score (nSPS) is 9.46. The minimum atomic E-state index is 0.0720. The molecule has 1 aromatic rings. The van der Waals surface area contributed by atoms with Crippen molar-refractivity contribution in [3.63, 3.8) is 0 Å². The van der Waals surface area contributed by atoms with Crippen LogP contribution in [0.25, 0.3) is 0 Å². The monoisotopic (exact) mass is 196 g/mol. The molecule has 0 spiro atoms. The zero-order valence-corrected chi connectivity index (χ0v) is 10.6. The lowest BCUT2D eigenvalue weighted by Crippen LogP contribution is -2.00. The van der Waals surface area contributed by atoms with Gasteiger partial charge in [0.05, 0.1) is 0 Å². The predicted octanol–water partition coefficient (Wildman–Crippen LogP) is 3.70. The summed E-state index contributed by atoms with van der Waals surface area (Å²) in [7, 11) is 0.0720. The quantitative estimate of drug-likeness (QED) is 0.601. The van der Waals surface area contributed by atoms with Crippen LogP contribution in [0.2, 0.25) is 0 Å². The molecule has 0 aliphatic heterocycles. The van der Waals surface area contributed by atoms with Crippen molar-refractivity contribution in [3.05, 3.63) is 29.3 Å². The van der Waals surface area contributed by atoms with E-state index in [0.717, 1.165) is 0 Å². The number of rotatable bonds is 1. The lowest BCUT2D eigenvalue weighted by Gasteiger charge is -2.07. The molecule has 0 aliphatic carbocycles. The summed E-state index contributed by atoms with van der Waals surface area (Å²) in [5.41, 5.74) is 2.77. The summed E-state index contributed by atoms with van der Waals surface area (Å²) in [6, 6.07) is 6.81. The molecular weight excluding hydrogens is 175 g/mol. The van der Waals surface area contributed by atoms with Crippen LogP contribution in [-0.2, 0) is 0 Å². The van der Waals surface area contributed by atoms with Gasteiger partial charge in [0, 0.05) is 0 Å². The van der Waals surface area contributed by atoms with Gasteiger partial charge in [-0.05, 0) is 32.5 Å². The van der Waals surface area contributed by atoms with E-state index in [1.54, 1.807) is 0 Å². The molecule has 0 amide bonds. The van der Waals surface area contributed by atoms with Gasteiger partial charge in [-0.1, -0.05) is 51.1 Å². The van der Waals surface area contributed by atoms with Crippen molar-refractivity contribution >= 4 is 13.2 Å². The van der Waals surface area contributed by atoms with Crippen molar-refractivity contribution in [2.45, 2.75) is 27.7 Å². The van der Waals surface area contributed by atoms with Gasteiger partial charge in [0.2, 0.25) is 0 Å². The molecule has 0 fully saturated rings. The van der Waals surface area contributed by atoms with E-state index in [2.05, 4.69) is 45.4 Å². The minimum absolute atomic E-state index is 0.0720. The van der Waals surface area contributed by atoms with Gasteiger partial charge in [0.15, 0.2) is 0 Å². The van der Waals surface area contributed by atoms with E-state index < -0.39 is 0 Å². The number of aryl methyl sites for hydroxylation is 2. The number of hydrogen-bond acceptors (Lipinski definition) is 0. The van der Waals surface area contributed by atoms with Crippen LogP contribution >= 0.6 is 7.92 Å². The fourth-order valence-electron chi connectivity index (χ4n) is 1.21. The van der Waals surface area contributed by atoms with Gasteiger partial charge in [-0.25, -0.2) is 0 Å². The maximum atomic E-state index is 2.30. The molecule has 1 aromatic carbocycles. The first-order valence-corrected chi connectivity index (χ1v) is 7.09. The van der Waals surface area contributed by atoms with E-state index in [1.165, 1.54) is 16.4 Å². The molecule has 0 aromatic heterocycles. The zero-order valence-electron chi connectivity index (χ0n) is 9.68. The summed E-state index contributed by atoms with van der Waals surface area (Å²) in [6.07, 6.45) is 0. The Hall–Kier alpha value is -0.350. The van der Waals surface area contributed by atoms with Gasteiger partial charge >= 0.3 is 0 Å². The second-order valence-corrected chi connectivity index (χ2v) is 5.55. The zero-order chi connectivity index (χ0) is 10.4. The summed E-state index contributed by atoms with van der Waals surface area (Å²) in [6.45, 7) is 12.9. The van der Waals surface area contributed by atoms with Crippen LogP contribution in [0.1, 0.15) is 25.0 Å². The van der Waals surface area contributed by atoms with Crippen LogP contribution in [0.15, 0.2) is 18.2 Å². The highest BCUT2D eigenvalue weighted by Gasteiger charge is 1.98. The van der Waals surface area contributed by atoms with E-state index in [-0.39, 0.29) is 7.92 Å². The standard InChI is InChI=1S/C10H15P.C2H6/c1-8-5-9(2)7-10(6-8)11(3)4;1-2/h5-7H,1-4H3;1-2H3. The Labute approximate surface area is 84.1 Å². The molecule has 0 heterocycles. The first-order chi connectivity index (χ1) is 6.09. The molecule has 13 heavy (non-hydrogen) atoms. The Balaban J connectivity index is 0.000000671. The molecule has 1 rings (SSSR count). The first kappa shape index (κ1) is 12.7. The maximum Gasteiger partial charge on any atom is -0.0241 e. The Bertz CT molecular complexity index is 231. The molecule has 1 heteroatoms. The first-order valence-electron chi connectivity index (χ1n) is 4.85. The molecule has 74 valence electrons. The molecule has 0 saturated carbocycles. The molecule has 0 bridgehead atoms. The SMILES string of the molecule is CC.Cc1cc(C)cc(P(C)C)c1. The minimum Gasteiger partial charge on any atom is -0.0817 e. The average molecular weight is 196 g/mol. The van der Waals surface area contributed by atoms with Crippen LogP contribution in [-0.4, -0.2) is 13.3 Å². The van der Waals surface area contributed by atoms with Crippen molar-refractivity contribution in [3.8, 4) is 0 Å². The molecule has 0 aliphatic rings. The molecule has 0 atom stereocenters. The highest BCUT2D eigenvalue weighted by atomic mass is 31.1. The largest absolute Gasteiger partial charge is 0.0817 e. The second kappa shape index (κ2) is 6.16. The van der Waals surface area contributed by atoms with Crippen molar-refractivity contribution in [1.29, 1.82) is 0 Å². The Morgan fingerprint density at radius 2 is 1.23 bits per heavy atom. The van der Waals surface area contributed by atoms with E-state index in [1.807, 2.05) is 13.8 Å². The van der Waals surface area contributed by atoms with Gasteiger partial charge in [-0.15, -0.1) is 0 Å². The summed E-state index contributed by atoms with van der Waals surface area (Å²) in [4.78, 5) is 0. The van der Waals surface area contributed by atoms with Gasteiger partial charge in [-0.3, -0.25) is 0 Å². The molecule has 0 saturated heterocycles. The van der Waals surface area contributed by atoms with Gasteiger partial charge in [0.25, 0.3) is 0 Å². The summed E-state index contributed by atoms with van der Waals surface area (Å²) < 4.78 is 0. The van der Waals surface area contributed by atoms with E-state index in [4.69, 9.17) is 0 Å². The lowest BCUT2D eigenvalue weighted by molar-refractivity contribution is 1.40. The lowest BCUT2D eigenvalue weighted by atomic mass is 10.2. The van der Waals surface area contributed by atoms with Crippen molar-refractivity contribution in [2.75, 3.05) is 13.3 Å². The molecule has 0 radical (unpaired) electrons. The molecule has 0 unspecified atom stereocenters. The van der Waals surface area contributed by atoms with Crippen LogP contribution in [0.3, 0.4) is 0 Å². The highest BCUT2D eigenvalue weighted by Crippen LogP contribution is 2.24. The fourth-order valence-corrected chi connectivity index (χ4v) is 2.13. The van der Waals surface area contributed by atoms with Crippen LogP contribution in [0, 0.1) is 13.8 Å². The fraction of sp³-hybridized carbons (Fsp3) is 0.500. The third kappa shape index (κ3) is 4.43. The maximum absolute atomic E-state index is 2.30. The summed E-state index contributed by atoms with van der Waals surface area (Å²) in [5.74, 6) is 0. The third-order valence-electron chi connectivity index (χ3n) is 1.72. The third-order valence-corrected chi connectivity index (χ3v) is 3.01. The van der Waals surface area contributed by atoms with Crippen molar-refractivity contribution in [2.24, 2.45) is 0 Å². The summed E-state index contributed by atoms with van der Waals surface area (Å²) in [5, 5.41) is 1.51. The highest BCUT2D eigenvalue weighted by molar-refractivity contribution is 7.64. The molecular formula is C12H21P. The van der Waals surface area contributed by atoms with Crippen molar-refractivity contribution < 1.29 is 0 Å². The van der Waals surface area contributed by atoms with Crippen LogP contribution < -0.4 is 5.30 Å². The topological polar surface area (TPSA) is 0 Å². The van der Waals surface area contributed by atoms with E-state index in [9.17, 15) is 0 Å². The molecule has 0 nitrogen and oxygen atoms in total. The van der Waals surface area contributed by atoms with Gasteiger partial charge < -0.3 is 0 Å². The number of hydrogen-bond donors (Lipinski definition) is 0. The molecule has 0 N–H and O–H groups in total. The van der Waals surface area contributed by atoms with E-state index >= 15 is 0 Å². The average Bonchev–Trinajstić information content (AvgIpc) is 2.06. The van der Waals surface area contributed by atoms with Crippen LogP contribution in [0.4, 0.5) is 0 Å². The Kier molecular flexibility index (Phi) is 5.99. The van der Waals surface area contributed by atoms with Crippen LogP contribution in [0.5, 0.6) is 0 Å². The van der Waals surface area contributed by atoms with Crippen molar-refractivity contribution in [1.82, 2.24) is 0 Å². The smallest absolute Gasteiger partial charge is 0.0241 e. The van der Waals surface area contributed by atoms with E-state index in [0.29, 0.717) is 0 Å². The predicted molar refractivity (Wildman–Crippen MR) is 65.7 cm³/mol. The van der Waals surface area contributed by atoms with Gasteiger partial charge in [-0.2, -0.15) is 0 Å². The second-order valence-electron chi connectivity index (χ2n) is 3.24. The number of benzene rings is 1. The summed E-state index contributed by atoms with van der Waals surface area (Å²) >= 11 is 0. The Morgan fingerprint density at radius 3 is 1.54 bits per heavy atom.